The molecule has 0 fully saturated rings. The van der Waals surface area contributed by atoms with Gasteiger partial charge in [-0.1, -0.05) is 24.1 Å². The van der Waals surface area contributed by atoms with E-state index in [1.807, 2.05) is 0 Å². The van der Waals surface area contributed by atoms with Gasteiger partial charge in [0.05, 0.1) is 0 Å². The molecular weight excluding hydrogens is 112 g/mol. The van der Waals surface area contributed by atoms with Gasteiger partial charge in [-0.15, -0.1) is 11.7 Å². The number of rotatable bonds is 3. The first-order valence-electron chi connectivity index (χ1n) is 2.18. The van der Waals surface area contributed by atoms with Crippen molar-refractivity contribution < 1.29 is 0 Å². The molecule has 0 saturated heterocycles. The van der Waals surface area contributed by atoms with Crippen LogP contribution >= 0.6 is 22.5 Å². The van der Waals surface area contributed by atoms with E-state index in [0.717, 1.165) is 0 Å². The lowest BCUT2D eigenvalue weighted by Gasteiger charge is -1.85. The van der Waals surface area contributed by atoms with Crippen molar-refractivity contribution in [2.45, 2.75) is 19.8 Å². The van der Waals surface area contributed by atoms with E-state index in [2.05, 4.69) is 18.6 Å². The third kappa shape index (κ3) is 4.70. The Hall–Kier alpha value is 0.700. The van der Waals surface area contributed by atoms with Crippen molar-refractivity contribution in [3.8, 4) is 0 Å². The van der Waals surface area contributed by atoms with E-state index in [0.29, 0.717) is 0 Å². The predicted octanol–water partition coefficient (Wildman–Crippen LogP) is 2.36. The van der Waals surface area contributed by atoms with Crippen LogP contribution in [0.1, 0.15) is 19.8 Å². The normalized spacial score (nSPS) is 9.00. The van der Waals surface area contributed by atoms with Crippen molar-refractivity contribution in [1.82, 2.24) is 0 Å². The molecule has 0 heterocycles. The highest BCUT2D eigenvalue weighted by Gasteiger charge is 1.76. The smallest absolute Gasteiger partial charge is 0.00344 e. The maximum atomic E-state index is 3.97. The molecular formula is C4H10S2. The predicted molar refractivity (Wildman–Crippen MR) is 36.4 cm³/mol. The summed E-state index contributed by atoms with van der Waals surface area (Å²) in [7, 11) is 1.62. The quantitative estimate of drug-likeness (QED) is 0.340. The van der Waals surface area contributed by atoms with Crippen LogP contribution in [0.3, 0.4) is 0 Å². The second kappa shape index (κ2) is 5.70. The summed E-state index contributed by atoms with van der Waals surface area (Å²) in [6.07, 6.45) is 2.59. The van der Waals surface area contributed by atoms with Crippen LogP contribution in [0.15, 0.2) is 0 Å². The maximum Gasteiger partial charge on any atom is 0.00344 e. The monoisotopic (exact) mass is 122 g/mol. The van der Waals surface area contributed by atoms with E-state index in [1.165, 1.54) is 18.6 Å². The Morgan fingerprint density at radius 1 is 1.67 bits per heavy atom. The number of unbranched alkanes of at least 4 members (excludes halogenated alkanes) is 1. The van der Waals surface area contributed by atoms with E-state index in [9.17, 15) is 0 Å². The molecule has 0 nitrogen and oxygen atoms in total. The Morgan fingerprint density at radius 3 is 2.50 bits per heavy atom. The fourth-order valence-corrected chi connectivity index (χ4v) is 1.01. The standard InChI is InChI=1S/C4H10S2/c1-2-3-4-6-5/h5H,2-4H2,1H3. The zero-order chi connectivity index (χ0) is 4.83. The zero-order valence-corrected chi connectivity index (χ0v) is 5.69. The summed E-state index contributed by atoms with van der Waals surface area (Å²) in [5.41, 5.74) is 0. The minimum absolute atomic E-state index is 1.19. The summed E-state index contributed by atoms with van der Waals surface area (Å²) >= 11 is 3.97. The molecule has 0 saturated carbocycles. The Morgan fingerprint density at radius 2 is 2.33 bits per heavy atom. The molecule has 0 radical (unpaired) electrons. The van der Waals surface area contributed by atoms with Crippen molar-refractivity contribution in [3.05, 3.63) is 0 Å². The van der Waals surface area contributed by atoms with Crippen molar-refractivity contribution >= 4 is 22.5 Å². The van der Waals surface area contributed by atoms with E-state index in [-0.39, 0.29) is 0 Å². The van der Waals surface area contributed by atoms with Crippen molar-refractivity contribution in [1.29, 1.82) is 0 Å². The highest BCUT2D eigenvalue weighted by Crippen LogP contribution is 2.06. The fourth-order valence-electron chi connectivity index (χ4n) is 0.209. The lowest BCUT2D eigenvalue weighted by atomic mass is 10.4. The Kier molecular flexibility index (Phi) is 6.36. The first-order valence-corrected chi connectivity index (χ1v) is 4.22. The summed E-state index contributed by atoms with van der Waals surface area (Å²) in [4.78, 5) is 0. The first-order chi connectivity index (χ1) is 2.91. The van der Waals surface area contributed by atoms with E-state index in [4.69, 9.17) is 0 Å². The van der Waals surface area contributed by atoms with Crippen LogP contribution in [0.2, 0.25) is 0 Å². The van der Waals surface area contributed by atoms with Crippen molar-refractivity contribution in [3.63, 3.8) is 0 Å². The fraction of sp³-hybridized carbons (Fsp3) is 1.00. The molecule has 0 unspecified atom stereocenters. The minimum atomic E-state index is 1.19. The molecule has 0 aliphatic heterocycles. The molecule has 0 rings (SSSR count). The molecule has 0 spiro atoms. The molecule has 0 aromatic heterocycles. The maximum absolute atomic E-state index is 3.97. The third-order valence-corrected chi connectivity index (χ3v) is 1.61. The van der Waals surface area contributed by atoms with Gasteiger partial charge in [-0.05, 0) is 6.42 Å². The van der Waals surface area contributed by atoms with Gasteiger partial charge >= 0.3 is 0 Å². The highest BCUT2D eigenvalue weighted by molar-refractivity contribution is 8.68. The van der Waals surface area contributed by atoms with Gasteiger partial charge in [-0.2, -0.15) is 0 Å². The molecule has 0 aromatic carbocycles. The molecule has 0 amide bonds. The molecule has 0 aliphatic rings. The molecule has 0 bridgehead atoms. The van der Waals surface area contributed by atoms with Crippen LogP contribution in [0, 0.1) is 0 Å². The van der Waals surface area contributed by atoms with Crippen LogP contribution in [-0.4, -0.2) is 5.75 Å². The Bertz CT molecular complexity index is 17.5. The second-order valence-corrected chi connectivity index (χ2v) is 2.63. The van der Waals surface area contributed by atoms with E-state index >= 15 is 0 Å². The molecule has 6 heavy (non-hydrogen) atoms. The lowest BCUT2D eigenvalue weighted by Crippen LogP contribution is -1.68. The van der Waals surface area contributed by atoms with Crippen LogP contribution in [0.5, 0.6) is 0 Å². The van der Waals surface area contributed by atoms with Crippen LogP contribution in [0.4, 0.5) is 0 Å². The summed E-state index contributed by atoms with van der Waals surface area (Å²) < 4.78 is 0. The van der Waals surface area contributed by atoms with Gasteiger partial charge in [0.15, 0.2) is 0 Å². The largest absolute Gasteiger partial charge is 0.111 e. The number of thiol groups is 1. The molecule has 2 heteroatoms. The van der Waals surface area contributed by atoms with E-state index < -0.39 is 0 Å². The van der Waals surface area contributed by atoms with Gasteiger partial charge in [0, 0.05) is 5.75 Å². The lowest BCUT2D eigenvalue weighted by molar-refractivity contribution is 0.898. The highest BCUT2D eigenvalue weighted by atomic mass is 33.1. The second-order valence-electron chi connectivity index (χ2n) is 1.19. The average molecular weight is 122 g/mol. The summed E-state index contributed by atoms with van der Waals surface area (Å²) in [5.74, 6) is 1.19. The van der Waals surface area contributed by atoms with Gasteiger partial charge < -0.3 is 0 Å². The number of hydrogen-bond donors (Lipinski definition) is 1. The third-order valence-electron chi connectivity index (χ3n) is 0.589. The van der Waals surface area contributed by atoms with Gasteiger partial charge in [-0.3, -0.25) is 0 Å². The zero-order valence-electron chi connectivity index (χ0n) is 3.98. The molecule has 0 atom stereocenters. The van der Waals surface area contributed by atoms with Crippen LogP contribution in [-0.2, 0) is 0 Å². The minimum Gasteiger partial charge on any atom is -0.111 e. The topological polar surface area (TPSA) is 0 Å². The summed E-state index contributed by atoms with van der Waals surface area (Å²) in [6, 6.07) is 0. The molecule has 0 aromatic rings. The Balaban J connectivity index is 2.34. The number of hydrogen-bond acceptors (Lipinski definition) is 2. The first kappa shape index (κ1) is 6.70. The summed E-state index contributed by atoms with van der Waals surface area (Å²) in [6.45, 7) is 2.18. The van der Waals surface area contributed by atoms with E-state index in [1.54, 1.807) is 10.8 Å². The van der Waals surface area contributed by atoms with Gasteiger partial charge in [-0.25, -0.2) is 0 Å². The van der Waals surface area contributed by atoms with Crippen LogP contribution < -0.4 is 0 Å². The Labute approximate surface area is 48.5 Å². The molecule has 38 valence electrons. The van der Waals surface area contributed by atoms with Crippen molar-refractivity contribution in [2.24, 2.45) is 0 Å². The van der Waals surface area contributed by atoms with Crippen LogP contribution in [0.25, 0.3) is 0 Å². The average Bonchev–Trinajstić information content (AvgIpc) is 1.61. The molecule has 0 N–H and O–H groups in total. The molecule has 0 aliphatic carbocycles. The summed E-state index contributed by atoms with van der Waals surface area (Å²) in [5, 5.41) is 0. The van der Waals surface area contributed by atoms with Gasteiger partial charge in [0.1, 0.15) is 0 Å². The van der Waals surface area contributed by atoms with Gasteiger partial charge in [0.25, 0.3) is 0 Å². The van der Waals surface area contributed by atoms with Gasteiger partial charge in [0.2, 0.25) is 0 Å². The SMILES string of the molecule is CCCCSS. The van der Waals surface area contributed by atoms with Crippen molar-refractivity contribution in [2.75, 3.05) is 5.75 Å².